The van der Waals surface area contributed by atoms with Crippen LogP contribution in [0.2, 0.25) is 0 Å². The molecule has 2 unspecified atom stereocenters. The number of hydrogen-bond donors (Lipinski definition) is 4. The summed E-state index contributed by atoms with van der Waals surface area (Å²) < 4.78 is 5.19. The van der Waals surface area contributed by atoms with E-state index in [0.717, 1.165) is 0 Å². The summed E-state index contributed by atoms with van der Waals surface area (Å²) in [6, 6.07) is -1.89. The Kier molecular flexibility index (Phi) is 8.27. The van der Waals surface area contributed by atoms with Crippen LogP contribution in [0.4, 0.5) is 4.79 Å². The smallest absolute Gasteiger partial charge is 0.326 e. The minimum absolute atomic E-state index is 0.168. The van der Waals surface area contributed by atoms with Gasteiger partial charge in [-0.05, 0) is 20.3 Å². The monoisotopic (exact) mass is 276 g/mol. The molecule has 0 saturated heterocycles. The molecule has 0 fully saturated rings. The Bertz CT molecular complexity index is 320. The second kappa shape index (κ2) is 9.15. The van der Waals surface area contributed by atoms with Crippen LogP contribution in [-0.2, 0) is 14.3 Å². The van der Waals surface area contributed by atoms with Crippen molar-refractivity contribution in [1.29, 1.82) is 0 Å². The minimum Gasteiger partial charge on any atom is -0.481 e. The Labute approximate surface area is 111 Å². The number of carboxylic acid groups (broad SMARTS) is 2. The molecular weight excluding hydrogens is 256 g/mol. The van der Waals surface area contributed by atoms with E-state index in [2.05, 4.69) is 10.6 Å². The van der Waals surface area contributed by atoms with Gasteiger partial charge in [0.15, 0.2) is 0 Å². The van der Waals surface area contributed by atoms with Crippen molar-refractivity contribution < 1.29 is 29.3 Å². The van der Waals surface area contributed by atoms with Gasteiger partial charge in [0.05, 0.1) is 6.10 Å². The van der Waals surface area contributed by atoms with Crippen molar-refractivity contribution in [2.24, 2.45) is 0 Å². The van der Waals surface area contributed by atoms with Gasteiger partial charge < -0.3 is 25.6 Å². The van der Waals surface area contributed by atoms with Crippen LogP contribution in [0.15, 0.2) is 0 Å². The molecule has 0 spiro atoms. The summed E-state index contributed by atoms with van der Waals surface area (Å²) in [6.07, 6.45) is -0.677. The van der Waals surface area contributed by atoms with Gasteiger partial charge >= 0.3 is 18.0 Å². The number of aliphatic carboxylic acids is 2. The summed E-state index contributed by atoms with van der Waals surface area (Å²) in [4.78, 5) is 32.6. The zero-order valence-corrected chi connectivity index (χ0v) is 11.0. The number of carbonyl (C=O) groups is 3. The van der Waals surface area contributed by atoms with Crippen molar-refractivity contribution in [1.82, 2.24) is 10.6 Å². The lowest BCUT2D eigenvalue weighted by molar-refractivity contribution is -0.140. The first-order chi connectivity index (χ1) is 8.86. The Morgan fingerprint density at radius 2 is 1.89 bits per heavy atom. The SMILES string of the molecule is CCOC(C)CNC(=O)NC(CCC(=O)O)C(=O)O. The van der Waals surface area contributed by atoms with E-state index in [1.807, 2.05) is 6.92 Å². The molecule has 0 rings (SSSR count). The van der Waals surface area contributed by atoms with Gasteiger partial charge in [0, 0.05) is 19.6 Å². The molecule has 0 aromatic rings. The van der Waals surface area contributed by atoms with Crippen LogP contribution in [0.5, 0.6) is 0 Å². The molecule has 0 heterocycles. The topological polar surface area (TPSA) is 125 Å². The second-order valence-electron chi connectivity index (χ2n) is 3.94. The van der Waals surface area contributed by atoms with Gasteiger partial charge in [0.25, 0.3) is 0 Å². The molecule has 0 aromatic carbocycles. The first kappa shape index (κ1) is 17.2. The number of rotatable bonds is 9. The maximum absolute atomic E-state index is 11.4. The fourth-order valence-electron chi connectivity index (χ4n) is 1.31. The first-order valence-electron chi connectivity index (χ1n) is 5.97. The van der Waals surface area contributed by atoms with Crippen molar-refractivity contribution >= 4 is 18.0 Å². The fraction of sp³-hybridized carbons (Fsp3) is 0.727. The normalized spacial score (nSPS) is 13.4. The number of nitrogens with one attached hydrogen (secondary N) is 2. The molecule has 8 nitrogen and oxygen atoms in total. The highest BCUT2D eigenvalue weighted by molar-refractivity contribution is 5.82. The van der Waals surface area contributed by atoms with Crippen LogP contribution < -0.4 is 10.6 Å². The van der Waals surface area contributed by atoms with Gasteiger partial charge in [0.1, 0.15) is 6.04 Å². The highest BCUT2D eigenvalue weighted by Crippen LogP contribution is 1.98. The molecule has 0 aromatic heterocycles. The summed E-state index contributed by atoms with van der Waals surface area (Å²) in [7, 11) is 0. The lowest BCUT2D eigenvalue weighted by atomic mass is 10.1. The molecule has 4 N–H and O–H groups in total. The minimum atomic E-state index is -1.27. The average Bonchev–Trinajstić information content (AvgIpc) is 2.31. The molecule has 0 saturated carbocycles. The third kappa shape index (κ3) is 8.83. The number of ether oxygens (including phenoxy) is 1. The van der Waals surface area contributed by atoms with Crippen LogP contribution >= 0.6 is 0 Å². The molecule has 0 aliphatic carbocycles. The Morgan fingerprint density at radius 3 is 2.37 bits per heavy atom. The summed E-state index contributed by atoms with van der Waals surface area (Å²) in [5, 5.41) is 22.0. The number of hydrogen-bond acceptors (Lipinski definition) is 4. The average molecular weight is 276 g/mol. The van der Waals surface area contributed by atoms with E-state index in [-0.39, 0.29) is 25.5 Å². The van der Waals surface area contributed by atoms with Crippen LogP contribution in [-0.4, -0.2) is 53.5 Å². The summed E-state index contributed by atoms with van der Waals surface area (Å²) in [5.41, 5.74) is 0. The Balaban J connectivity index is 4.10. The van der Waals surface area contributed by atoms with E-state index in [1.54, 1.807) is 6.92 Å². The molecule has 0 radical (unpaired) electrons. The van der Waals surface area contributed by atoms with Gasteiger partial charge in [-0.15, -0.1) is 0 Å². The number of carboxylic acids is 2. The Hall–Kier alpha value is -1.83. The molecule has 0 aliphatic heterocycles. The van der Waals surface area contributed by atoms with Crippen LogP contribution in [0.3, 0.4) is 0 Å². The highest BCUT2D eigenvalue weighted by atomic mass is 16.5. The zero-order valence-electron chi connectivity index (χ0n) is 11.0. The molecule has 2 amide bonds. The lowest BCUT2D eigenvalue weighted by Gasteiger charge is -2.16. The van der Waals surface area contributed by atoms with Crippen molar-refractivity contribution in [2.75, 3.05) is 13.2 Å². The molecule has 2 atom stereocenters. The molecular formula is C11H20N2O6. The second-order valence-corrected chi connectivity index (χ2v) is 3.94. The quantitative estimate of drug-likeness (QED) is 0.471. The predicted octanol–water partition coefficient (Wildman–Crippen LogP) is 0.0286. The molecule has 110 valence electrons. The van der Waals surface area contributed by atoms with Crippen molar-refractivity contribution in [2.45, 2.75) is 38.8 Å². The van der Waals surface area contributed by atoms with E-state index < -0.39 is 24.0 Å². The first-order valence-corrected chi connectivity index (χ1v) is 5.97. The summed E-state index contributed by atoms with van der Waals surface area (Å²) in [5.74, 6) is -2.38. The number of amides is 2. The van der Waals surface area contributed by atoms with Crippen molar-refractivity contribution in [3.05, 3.63) is 0 Å². The largest absolute Gasteiger partial charge is 0.481 e. The highest BCUT2D eigenvalue weighted by Gasteiger charge is 2.20. The van der Waals surface area contributed by atoms with E-state index in [4.69, 9.17) is 14.9 Å². The zero-order chi connectivity index (χ0) is 14.8. The van der Waals surface area contributed by atoms with E-state index >= 15 is 0 Å². The third-order valence-corrected chi connectivity index (χ3v) is 2.25. The van der Waals surface area contributed by atoms with Crippen molar-refractivity contribution in [3.63, 3.8) is 0 Å². The van der Waals surface area contributed by atoms with E-state index in [1.165, 1.54) is 0 Å². The third-order valence-electron chi connectivity index (χ3n) is 2.25. The molecule has 19 heavy (non-hydrogen) atoms. The summed E-state index contributed by atoms with van der Waals surface area (Å²) in [6.45, 7) is 4.34. The van der Waals surface area contributed by atoms with Crippen LogP contribution in [0.1, 0.15) is 26.7 Å². The van der Waals surface area contributed by atoms with Crippen molar-refractivity contribution in [3.8, 4) is 0 Å². The Morgan fingerprint density at radius 1 is 1.26 bits per heavy atom. The van der Waals surface area contributed by atoms with Crippen LogP contribution in [0.25, 0.3) is 0 Å². The molecule has 0 bridgehead atoms. The van der Waals surface area contributed by atoms with Gasteiger partial charge in [-0.3, -0.25) is 4.79 Å². The summed E-state index contributed by atoms with van der Waals surface area (Å²) >= 11 is 0. The lowest BCUT2D eigenvalue weighted by Crippen LogP contribution is -2.47. The maximum atomic E-state index is 11.4. The fourth-order valence-corrected chi connectivity index (χ4v) is 1.31. The van der Waals surface area contributed by atoms with Crippen LogP contribution in [0, 0.1) is 0 Å². The van der Waals surface area contributed by atoms with E-state index in [0.29, 0.717) is 6.61 Å². The van der Waals surface area contributed by atoms with Gasteiger partial charge in [-0.1, -0.05) is 0 Å². The molecule has 0 aliphatic rings. The number of carbonyl (C=O) groups excluding carboxylic acids is 1. The maximum Gasteiger partial charge on any atom is 0.326 e. The van der Waals surface area contributed by atoms with E-state index in [9.17, 15) is 14.4 Å². The van der Waals surface area contributed by atoms with Gasteiger partial charge in [-0.2, -0.15) is 0 Å². The van der Waals surface area contributed by atoms with Gasteiger partial charge in [-0.25, -0.2) is 9.59 Å². The standard InChI is InChI=1S/C11H20N2O6/c1-3-19-7(2)6-12-11(18)13-8(10(16)17)4-5-9(14)15/h7-8H,3-6H2,1-2H3,(H,14,15)(H,16,17)(H2,12,13,18). The number of urea groups is 1. The predicted molar refractivity (Wildman–Crippen MR) is 65.9 cm³/mol. The van der Waals surface area contributed by atoms with Gasteiger partial charge in [0.2, 0.25) is 0 Å². The molecule has 8 heteroatoms.